The van der Waals surface area contributed by atoms with Crippen molar-refractivity contribution in [3.8, 4) is 5.75 Å². The highest BCUT2D eigenvalue weighted by Gasteiger charge is 2.25. The summed E-state index contributed by atoms with van der Waals surface area (Å²) in [6.07, 6.45) is 2.39. The van der Waals surface area contributed by atoms with Crippen LogP contribution in [0, 0.1) is 17.7 Å². The smallest absolute Gasteiger partial charge is 0.191 e. The van der Waals surface area contributed by atoms with Crippen LogP contribution < -0.4 is 15.4 Å². The maximum Gasteiger partial charge on any atom is 0.191 e. The van der Waals surface area contributed by atoms with Crippen LogP contribution in [-0.2, 0) is 0 Å². The maximum atomic E-state index is 14.5. The highest BCUT2D eigenvalue weighted by Crippen LogP contribution is 2.30. The minimum Gasteiger partial charge on any atom is -0.490 e. The first-order valence-corrected chi connectivity index (χ1v) is 12.3. The third kappa shape index (κ3) is 8.87. The molecule has 0 aromatic heterocycles. The van der Waals surface area contributed by atoms with Crippen LogP contribution in [0.25, 0.3) is 0 Å². The molecule has 1 aliphatic heterocycles. The molecular formula is C25H43FIN5O. The first kappa shape index (κ1) is 28.1. The van der Waals surface area contributed by atoms with Crippen molar-refractivity contribution < 1.29 is 9.13 Å². The van der Waals surface area contributed by atoms with Gasteiger partial charge < -0.3 is 20.3 Å². The molecule has 0 bridgehead atoms. The van der Waals surface area contributed by atoms with E-state index < -0.39 is 0 Å². The van der Waals surface area contributed by atoms with E-state index >= 15 is 0 Å². The number of piperazine rings is 1. The third-order valence-corrected chi connectivity index (χ3v) is 6.54. The van der Waals surface area contributed by atoms with Crippen LogP contribution in [0.4, 0.5) is 4.39 Å². The molecule has 2 fully saturated rings. The van der Waals surface area contributed by atoms with Gasteiger partial charge in [-0.1, -0.05) is 19.9 Å². The van der Waals surface area contributed by atoms with Gasteiger partial charge in [-0.2, -0.15) is 0 Å². The zero-order valence-electron chi connectivity index (χ0n) is 20.9. The number of benzene rings is 1. The van der Waals surface area contributed by atoms with Crippen LogP contribution >= 0.6 is 24.0 Å². The van der Waals surface area contributed by atoms with E-state index in [2.05, 4.69) is 48.3 Å². The Hall–Kier alpha value is -1.13. The van der Waals surface area contributed by atoms with Gasteiger partial charge in [-0.05, 0) is 63.3 Å². The Morgan fingerprint density at radius 3 is 2.45 bits per heavy atom. The highest BCUT2D eigenvalue weighted by atomic mass is 127. The molecule has 8 heteroatoms. The van der Waals surface area contributed by atoms with Gasteiger partial charge in [-0.3, -0.25) is 9.89 Å². The van der Waals surface area contributed by atoms with Crippen LogP contribution in [0.3, 0.4) is 0 Å². The minimum atomic E-state index is -0.298. The summed E-state index contributed by atoms with van der Waals surface area (Å²) in [7, 11) is 2.18. The number of hydrogen-bond donors (Lipinski definition) is 2. The minimum absolute atomic E-state index is 0. The van der Waals surface area contributed by atoms with Crippen molar-refractivity contribution in [1.82, 2.24) is 20.4 Å². The van der Waals surface area contributed by atoms with Gasteiger partial charge in [0.25, 0.3) is 0 Å². The number of nitrogens with one attached hydrogen (secondary N) is 2. The van der Waals surface area contributed by atoms with Gasteiger partial charge in [0, 0.05) is 38.8 Å². The van der Waals surface area contributed by atoms with Crippen LogP contribution in [0.5, 0.6) is 5.75 Å². The van der Waals surface area contributed by atoms with E-state index in [4.69, 9.17) is 9.73 Å². The molecule has 0 spiro atoms. The molecule has 6 nitrogen and oxygen atoms in total. The van der Waals surface area contributed by atoms with Crippen LogP contribution in [0.1, 0.15) is 52.1 Å². The lowest BCUT2D eigenvalue weighted by atomic mass is 10.0. The summed E-state index contributed by atoms with van der Waals surface area (Å²) in [4.78, 5) is 9.86. The first-order valence-electron chi connectivity index (χ1n) is 12.3. The molecule has 1 aromatic rings. The van der Waals surface area contributed by atoms with Crippen LogP contribution in [-0.4, -0.2) is 74.7 Å². The van der Waals surface area contributed by atoms with Crippen molar-refractivity contribution in [2.75, 3.05) is 52.9 Å². The summed E-state index contributed by atoms with van der Waals surface area (Å²) in [5, 5.41) is 6.80. The number of nitrogens with zero attached hydrogens (tertiary/aromatic N) is 3. The van der Waals surface area contributed by atoms with Gasteiger partial charge in [0.05, 0.1) is 19.2 Å². The van der Waals surface area contributed by atoms with E-state index in [9.17, 15) is 4.39 Å². The normalized spacial score (nSPS) is 19.7. The van der Waals surface area contributed by atoms with Crippen molar-refractivity contribution in [3.05, 3.63) is 29.6 Å². The molecular weight excluding hydrogens is 532 g/mol. The summed E-state index contributed by atoms with van der Waals surface area (Å²) in [5.41, 5.74) is 0.881. The lowest BCUT2D eigenvalue weighted by Crippen LogP contribution is -2.52. The quantitative estimate of drug-likeness (QED) is 0.250. The highest BCUT2D eigenvalue weighted by molar-refractivity contribution is 14.0. The van der Waals surface area contributed by atoms with E-state index in [0.717, 1.165) is 50.8 Å². The van der Waals surface area contributed by atoms with Crippen molar-refractivity contribution in [1.29, 1.82) is 0 Å². The number of likely N-dealkylation sites (N-methyl/N-ethyl adjacent to an activating group) is 1. The van der Waals surface area contributed by atoms with E-state index in [1.165, 1.54) is 12.8 Å². The van der Waals surface area contributed by atoms with E-state index in [1.807, 2.05) is 13.0 Å². The number of hydrogen-bond acceptors (Lipinski definition) is 4. The van der Waals surface area contributed by atoms with Crippen molar-refractivity contribution >= 4 is 29.9 Å². The van der Waals surface area contributed by atoms with Crippen LogP contribution in [0.15, 0.2) is 23.2 Å². The fourth-order valence-electron chi connectivity index (χ4n) is 4.09. The number of halogens is 2. The third-order valence-electron chi connectivity index (χ3n) is 6.54. The van der Waals surface area contributed by atoms with Gasteiger partial charge in [-0.25, -0.2) is 4.39 Å². The summed E-state index contributed by atoms with van der Waals surface area (Å²) in [6, 6.07) is 5.60. The molecule has 1 heterocycles. The fraction of sp³-hybridized carbons (Fsp3) is 0.720. The fourth-order valence-corrected chi connectivity index (χ4v) is 4.09. The number of guanidine groups is 1. The van der Waals surface area contributed by atoms with Gasteiger partial charge in [0.15, 0.2) is 17.5 Å². The molecule has 0 amide bonds. The first-order chi connectivity index (χ1) is 15.4. The number of aliphatic imine (C=N–C) groups is 1. The molecule has 2 atom stereocenters. The SMILES string of the molecule is CCNC(=NCC(C(C)C)N1CCN(C)CC1)NC(C)c1ccc(OCC2CC2)c(F)c1.I. The lowest BCUT2D eigenvalue weighted by molar-refractivity contribution is 0.0925. The number of rotatable bonds is 10. The van der Waals surface area contributed by atoms with Gasteiger partial charge >= 0.3 is 0 Å². The van der Waals surface area contributed by atoms with Crippen LogP contribution in [0.2, 0.25) is 0 Å². The van der Waals surface area contributed by atoms with E-state index in [-0.39, 0.29) is 35.8 Å². The molecule has 1 aliphatic carbocycles. The molecule has 1 aromatic carbocycles. The molecule has 2 N–H and O–H groups in total. The molecule has 3 rings (SSSR count). The molecule has 0 radical (unpaired) electrons. The Kier molecular flexibility index (Phi) is 11.7. The zero-order valence-corrected chi connectivity index (χ0v) is 23.3. The molecule has 1 saturated heterocycles. The average molecular weight is 576 g/mol. The zero-order chi connectivity index (χ0) is 23.1. The predicted octanol–water partition coefficient (Wildman–Crippen LogP) is 4.12. The average Bonchev–Trinajstić information content (AvgIpc) is 3.58. The summed E-state index contributed by atoms with van der Waals surface area (Å²) in [6.45, 7) is 15.2. The second kappa shape index (κ2) is 13.7. The lowest BCUT2D eigenvalue weighted by Gasteiger charge is -2.39. The maximum absolute atomic E-state index is 14.5. The van der Waals surface area contributed by atoms with Gasteiger partial charge in [0.1, 0.15) is 0 Å². The Balaban J connectivity index is 0.00000385. The van der Waals surface area contributed by atoms with Gasteiger partial charge in [-0.15, -0.1) is 24.0 Å². The Labute approximate surface area is 216 Å². The van der Waals surface area contributed by atoms with Crippen molar-refractivity contribution in [2.24, 2.45) is 16.8 Å². The summed E-state index contributed by atoms with van der Waals surface area (Å²) in [5.74, 6) is 1.96. The predicted molar refractivity (Wildman–Crippen MR) is 145 cm³/mol. The Bertz CT molecular complexity index is 750. The monoisotopic (exact) mass is 575 g/mol. The molecule has 1 saturated carbocycles. The number of ether oxygens (including phenoxy) is 1. The van der Waals surface area contributed by atoms with E-state index in [1.54, 1.807) is 12.1 Å². The molecule has 2 aliphatic rings. The summed E-state index contributed by atoms with van der Waals surface area (Å²) >= 11 is 0. The van der Waals surface area contributed by atoms with Gasteiger partial charge in [0.2, 0.25) is 0 Å². The second-order valence-corrected chi connectivity index (χ2v) is 9.68. The Morgan fingerprint density at radius 2 is 1.88 bits per heavy atom. The molecule has 2 unspecified atom stereocenters. The summed E-state index contributed by atoms with van der Waals surface area (Å²) < 4.78 is 20.2. The largest absolute Gasteiger partial charge is 0.490 e. The second-order valence-electron chi connectivity index (χ2n) is 9.68. The molecule has 188 valence electrons. The van der Waals surface area contributed by atoms with Crippen molar-refractivity contribution in [3.63, 3.8) is 0 Å². The molecule has 33 heavy (non-hydrogen) atoms. The Morgan fingerprint density at radius 1 is 1.18 bits per heavy atom. The standard InChI is InChI=1S/C25H42FN5O.HI/c1-6-27-25(28-16-23(18(2)3)31-13-11-30(5)12-14-31)29-19(4)21-9-10-24(22(26)15-21)32-17-20-7-8-20;/h9-10,15,18-20,23H,6-8,11-14,16-17H2,1-5H3,(H2,27,28,29);1H. The topological polar surface area (TPSA) is 52.1 Å². The van der Waals surface area contributed by atoms with Crippen molar-refractivity contribution in [2.45, 2.75) is 52.6 Å². The van der Waals surface area contributed by atoms with E-state index in [0.29, 0.717) is 30.2 Å².